The number of urea groups is 1. The molecule has 8 heteroatoms. The summed E-state index contributed by atoms with van der Waals surface area (Å²) in [7, 11) is 0. The molecule has 4 amide bonds. The summed E-state index contributed by atoms with van der Waals surface area (Å²) in [6, 6.07) is -0.279. The van der Waals surface area contributed by atoms with Gasteiger partial charge < -0.3 is 15.4 Å². The Hall–Kier alpha value is -2.12. The molecule has 0 bridgehead atoms. The molecule has 2 atom stereocenters. The molecule has 0 aromatic rings. The Kier molecular flexibility index (Phi) is 6.57. The molecule has 2 fully saturated rings. The Labute approximate surface area is 141 Å². The van der Waals surface area contributed by atoms with Gasteiger partial charge in [0.1, 0.15) is 0 Å². The first kappa shape index (κ1) is 18.2. The number of hydrogen-bond acceptors (Lipinski definition) is 5. The lowest BCUT2D eigenvalue weighted by Crippen LogP contribution is -2.42. The smallest absolute Gasteiger partial charge is 0.324 e. The molecule has 1 aliphatic heterocycles. The summed E-state index contributed by atoms with van der Waals surface area (Å²) in [5.41, 5.74) is 0. The second-order valence-corrected chi connectivity index (χ2v) is 6.40. The number of esters is 1. The normalized spacial score (nSPS) is 23.8. The predicted molar refractivity (Wildman–Crippen MR) is 84.9 cm³/mol. The second kappa shape index (κ2) is 8.65. The van der Waals surface area contributed by atoms with Gasteiger partial charge in [-0.2, -0.15) is 0 Å². The van der Waals surface area contributed by atoms with E-state index in [2.05, 4.69) is 17.6 Å². The summed E-state index contributed by atoms with van der Waals surface area (Å²) >= 11 is 0. The summed E-state index contributed by atoms with van der Waals surface area (Å²) in [5, 5.41) is 5.32. The molecule has 0 unspecified atom stereocenters. The van der Waals surface area contributed by atoms with Crippen LogP contribution in [0.1, 0.15) is 45.4 Å². The Morgan fingerprint density at radius 2 is 2.04 bits per heavy atom. The van der Waals surface area contributed by atoms with Crippen molar-refractivity contribution in [3.05, 3.63) is 0 Å². The highest BCUT2D eigenvalue weighted by atomic mass is 16.5. The Morgan fingerprint density at radius 1 is 1.29 bits per heavy atom. The number of rotatable bonds is 7. The van der Waals surface area contributed by atoms with Gasteiger partial charge in [0.2, 0.25) is 5.91 Å². The number of carbonyl (C=O) groups excluding carboxylic acids is 4. The van der Waals surface area contributed by atoms with Crippen LogP contribution in [0.25, 0.3) is 0 Å². The van der Waals surface area contributed by atoms with E-state index in [1.807, 2.05) is 0 Å². The maximum absolute atomic E-state index is 11.8. The highest BCUT2D eigenvalue weighted by molar-refractivity contribution is 6.01. The molecule has 2 aliphatic rings. The lowest BCUT2D eigenvalue weighted by Gasteiger charge is -2.29. The fourth-order valence-electron chi connectivity index (χ4n) is 3.06. The van der Waals surface area contributed by atoms with Crippen LogP contribution in [0.3, 0.4) is 0 Å². The molecule has 24 heavy (non-hydrogen) atoms. The fourth-order valence-corrected chi connectivity index (χ4v) is 3.06. The zero-order chi connectivity index (χ0) is 17.5. The topological polar surface area (TPSA) is 105 Å². The number of nitrogens with zero attached hydrogens (tertiary/aromatic N) is 1. The van der Waals surface area contributed by atoms with Gasteiger partial charge in [-0.05, 0) is 25.2 Å². The number of nitrogens with one attached hydrogen (secondary N) is 2. The van der Waals surface area contributed by atoms with Crippen molar-refractivity contribution in [2.24, 2.45) is 5.92 Å². The van der Waals surface area contributed by atoms with E-state index in [0.29, 0.717) is 12.3 Å². The lowest BCUT2D eigenvalue weighted by molar-refractivity contribution is -0.149. The molecule has 2 rings (SSSR count). The van der Waals surface area contributed by atoms with Gasteiger partial charge in [-0.3, -0.25) is 19.3 Å². The third-order valence-corrected chi connectivity index (χ3v) is 4.52. The standard InChI is InChI=1S/C16H25N3O5/c1-11-5-2-3-6-12(11)18-13(20)10-24-15(22)7-4-8-19-14(21)9-17-16(19)23/h11-12H,2-10H2,1H3,(H,17,23)(H,18,20)/t11-,12-/m0/s1. The van der Waals surface area contributed by atoms with Crippen molar-refractivity contribution in [2.75, 3.05) is 19.7 Å². The molecule has 134 valence electrons. The van der Waals surface area contributed by atoms with Crippen LogP contribution in [0.15, 0.2) is 0 Å². The molecular weight excluding hydrogens is 314 g/mol. The number of hydrogen-bond donors (Lipinski definition) is 2. The molecule has 1 heterocycles. The van der Waals surface area contributed by atoms with Gasteiger partial charge in [-0.25, -0.2) is 4.79 Å². The largest absolute Gasteiger partial charge is 0.456 e. The number of carbonyl (C=O) groups is 4. The van der Waals surface area contributed by atoms with Crippen molar-refractivity contribution in [1.82, 2.24) is 15.5 Å². The van der Waals surface area contributed by atoms with Gasteiger partial charge in [0.05, 0.1) is 6.54 Å². The van der Waals surface area contributed by atoms with Crippen molar-refractivity contribution in [3.8, 4) is 0 Å². The maximum Gasteiger partial charge on any atom is 0.324 e. The SMILES string of the molecule is C[C@H]1CCCC[C@@H]1NC(=O)COC(=O)CCCN1C(=O)CNC1=O. The molecular formula is C16H25N3O5. The molecule has 0 radical (unpaired) electrons. The van der Waals surface area contributed by atoms with E-state index >= 15 is 0 Å². The minimum atomic E-state index is -0.506. The van der Waals surface area contributed by atoms with E-state index in [1.54, 1.807) is 0 Å². The third kappa shape index (κ3) is 5.21. The van der Waals surface area contributed by atoms with Gasteiger partial charge in [-0.15, -0.1) is 0 Å². The molecule has 1 aliphatic carbocycles. The van der Waals surface area contributed by atoms with Crippen LogP contribution in [0, 0.1) is 5.92 Å². The minimum Gasteiger partial charge on any atom is -0.456 e. The van der Waals surface area contributed by atoms with E-state index in [4.69, 9.17) is 4.74 Å². The van der Waals surface area contributed by atoms with Crippen molar-refractivity contribution in [1.29, 1.82) is 0 Å². The van der Waals surface area contributed by atoms with Crippen LogP contribution in [0.2, 0.25) is 0 Å². The summed E-state index contributed by atoms with van der Waals surface area (Å²) in [5.74, 6) is -0.637. The zero-order valence-corrected chi connectivity index (χ0v) is 14.0. The van der Waals surface area contributed by atoms with Crippen molar-refractivity contribution < 1.29 is 23.9 Å². The molecule has 0 spiro atoms. The Bertz CT molecular complexity index is 492. The first-order valence-electron chi connectivity index (χ1n) is 8.50. The van der Waals surface area contributed by atoms with Gasteiger partial charge in [0, 0.05) is 19.0 Å². The van der Waals surface area contributed by atoms with Crippen LogP contribution in [-0.4, -0.2) is 54.5 Å². The number of amides is 4. The Morgan fingerprint density at radius 3 is 2.71 bits per heavy atom. The molecule has 2 N–H and O–H groups in total. The highest BCUT2D eigenvalue weighted by Crippen LogP contribution is 2.23. The summed E-state index contributed by atoms with van der Waals surface area (Å²) in [6.45, 7) is 2.01. The zero-order valence-electron chi connectivity index (χ0n) is 14.0. The molecule has 0 aromatic carbocycles. The predicted octanol–water partition coefficient (Wildman–Crippen LogP) is 0.557. The van der Waals surface area contributed by atoms with Crippen LogP contribution >= 0.6 is 0 Å². The van der Waals surface area contributed by atoms with Crippen LogP contribution in [0.5, 0.6) is 0 Å². The van der Waals surface area contributed by atoms with Crippen LogP contribution in [0.4, 0.5) is 4.79 Å². The van der Waals surface area contributed by atoms with Crippen molar-refractivity contribution in [3.63, 3.8) is 0 Å². The van der Waals surface area contributed by atoms with E-state index in [1.165, 1.54) is 6.42 Å². The first-order chi connectivity index (χ1) is 11.5. The van der Waals surface area contributed by atoms with Gasteiger partial charge in [0.25, 0.3) is 5.91 Å². The van der Waals surface area contributed by atoms with Gasteiger partial charge >= 0.3 is 12.0 Å². The quantitative estimate of drug-likeness (QED) is 0.521. The van der Waals surface area contributed by atoms with Crippen molar-refractivity contribution >= 4 is 23.8 Å². The highest BCUT2D eigenvalue weighted by Gasteiger charge is 2.28. The van der Waals surface area contributed by atoms with Gasteiger partial charge in [0.15, 0.2) is 6.61 Å². The molecule has 8 nitrogen and oxygen atoms in total. The van der Waals surface area contributed by atoms with Crippen LogP contribution < -0.4 is 10.6 Å². The third-order valence-electron chi connectivity index (χ3n) is 4.52. The van der Waals surface area contributed by atoms with Gasteiger partial charge in [-0.1, -0.05) is 19.8 Å². The lowest BCUT2D eigenvalue weighted by atomic mass is 9.86. The molecule has 0 aromatic heterocycles. The summed E-state index contributed by atoms with van der Waals surface area (Å²) in [4.78, 5) is 47.2. The fraction of sp³-hybridized carbons (Fsp3) is 0.750. The Balaban J connectivity index is 1.59. The molecule has 1 saturated carbocycles. The number of ether oxygens (including phenoxy) is 1. The van der Waals surface area contributed by atoms with E-state index in [0.717, 1.165) is 24.2 Å². The minimum absolute atomic E-state index is 0.00302. The van der Waals surface area contributed by atoms with E-state index < -0.39 is 12.0 Å². The number of imide groups is 1. The van der Waals surface area contributed by atoms with E-state index in [-0.39, 0.29) is 44.0 Å². The monoisotopic (exact) mass is 339 g/mol. The van der Waals surface area contributed by atoms with E-state index in [9.17, 15) is 19.2 Å². The van der Waals surface area contributed by atoms with Crippen LogP contribution in [-0.2, 0) is 19.1 Å². The summed E-state index contributed by atoms with van der Waals surface area (Å²) < 4.78 is 4.94. The maximum atomic E-state index is 11.8. The average molecular weight is 339 g/mol. The average Bonchev–Trinajstić information content (AvgIpc) is 2.87. The summed E-state index contributed by atoms with van der Waals surface area (Å²) in [6.07, 6.45) is 4.75. The first-order valence-corrected chi connectivity index (χ1v) is 8.50. The van der Waals surface area contributed by atoms with Crippen molar-refractivity contribution in [2.45, 2.75) is 51.5 Å². The second-order valence-electron chi connectivity index (χ2n) is 6.40. The molecule has 1 saturated heterocycles.